The smallest absolute Gasteiger partial charge is 0.237 e. The van der Waals surface area contributed by atoms with Crippen LogP contribution >= 0.6 is 15.9 Å². The van der Waals surface area contributed by atoms with E-state index < -0.39 is 0 Å². The van der Waals surface area contributed by atoms with Crippen LogP contribution in [0.2, 0.25) is 0 Å². The van der Waals surface area contributed by atoms with Gasteiger partial charge < -0.3 is 10.6 Å². The van der Waals surface area contributed by atoms with Crippen molar-refractivity contribution in [2.45, 2.75) is 51.6 Å². The van der Waals surface area contributed by atoms with Gasteiger partial charge in [0.2, 0.25) is 5.91 Å². The molecule has 1 aromatic carbocycles. The maximum Gasteiger partial charge on any atom is 0.237 e. The summed E-state index contributed by atoms with van der Waals surface area (Å²) in [5.74, 6) is 0.835. The maximum absolute atomic E-state index is 12.3. The van der Waals surface area contributed by atoms with Gasteiger partial charge in [-0.25, -0.2) is 0 Å². The lowest BCUT2D eigenvalue weighted by Crippen LogP contribution is -2.51. The van der Waals surface area contributed by atoms with Gasteiger partial charge in [-0.3, -0.25) is 4.79 Å². The molecule has 2 rings (SSSR count). The second-order valence-corrected chi connectivity index (χ2v) is 6.96. The number of benzene rings is 1. The molecule has 116 valence electrons. The molecule has 1 heterocycles. The highest BCUT2D eigenvalue weighted by Crippen LogP contribution is 2.19. The van der Waals surface area contributed by atoms with Gasteiger partial charge in [-0.15, -0.1) is 0 Å². The number of hydrogen-bond donors (Lipinski definition) is 2. The fourth-order valence-electron chi connectivity index (χ4n) is 2.94. The molecule has 3 unspecified atom stereocenters. The third-order valence-electron chi connectivity index (χ3n) is 4.25. The first kappa shape index (κ1) is 16.5. The molecule has 0 radical (unpaired) electrons. The molecule has 21 heavy (non-hydrogen) atoms. The molecule has 1 aliphatic rings. The van der Waals surface area contributed by atoms with E-state index in [2.05, 4.69) is 52.5 Å². The molecule has 0 saturated carbocycles. The number of hydrogen-bond acceptors (Lipinski definition) is 2. The Bertz CT molecular complexity index is 460. The molecular weight excluding hydrogens is 328 g/mol. The highest BCUT2D eigenvalue weighted by atomic mass is 79.9. The molecule has 0 spiro atoms. The van der Waals surface area contributed by atoms with Gasteiger partial charge in [0.1, 0.15) is 0 Å². The molecule has 1 saturated heterocycles. The van der Waals surface area contributed by atoms with Crippen molar-refractivity contribution in [1.82, 2.24) is 10.6 Å². The zero-order valence-corrected chi connectivity index (χ0v) is 14.4. The number of amides is 1. The van der Waals surface area contributed by atoms with Crippen LogP contribution in [0.3, 0.4) is 0 Å². The van der Waals surface area contributed by atoms with Crippen molar-refractivity contribution in [1.29, 1.82) is 0 Å². The molecule has 1 aromatic rings. The Morgan fingerprint density at radius 3 is 2.81 bits per heavy atom. The third-order valence-corrected chi connectivity index (χ3v) is 4.78. The van der Waals surface area contributed by atoms with Gasteiger partial charge in [-0.05, 0) is 56.3 Å². The molecule has 2 N–H and O–H groups in total. The van der Waals surface area contributed by atoms with Crippen LogP contribution < -0.4 is 10.6 Å². The van der Waals surface area contributed by atoms with Gasteiger partial charge in [0.25, 0.3) is 0 Å². The van der Waals surface area contributed by atoms with Crippen LogP contribution in [-0.2, 0) is 11.2 Å². The van der Waals surface area contributed by atoms with Crippen molar-refractivity contribution in [3.05, 3.63) is 34.3 Å². The largest absolute Gasteiger partial charge is 0.352 e. The van der Waals surface area contributed by atoms with E-state index in [1.165, 1.54) is 18.4 Å². The summed E-state index contributed by atoms with van der Waals surface area (Å²) < 4.78 is 1.08. The lowest BCUT2D eigenvalue weighted by atomic mass is 9.90. The summed E-state index contributed by atoms with van der Waals surface area (Å²) in [5.41, 5.74) is 1.24. The second kappa shape index (κ2) is 7.95. The van der Waals surface area contributed by atoms with E-state index in [0.717, 1.165) is 23.9 Å². The molecular formula is C17H25BrN2O. The quantitative estimate of drug-likeness (QED) is 0.853. The van der Waals surface area contributed by atoms with Gasteiger partial charge in [0, 0.05) is 10.5 Å². The lowest BCUT2D eigenvalue weighted by Gasteiger charge is -2.29. The highest BCUT2D eigenvalue weighted by Gasteiger charge is 2.26. The van der Waals surface area contributed by atoms with Gasteiger partial charge in [0.05, 0.1) is 6.04 Å². The van der Waals surface area contributed by atoms with Gasteiger partial charge >= 0.3 is 0 Å². The second-order valence-electron chi connectivity index (χ2n) is 6.05. The van der Waals surface area contributed by atoms with Crippen molar-refractivity contribution in [3.63, 3.8) is 0 Å². The molecule has 0 bridgehead atoms. The van der Waals surface area contributed by atoms with Crippen molar-refractivity contribution >= 4 is 21.8 Å². The lowest BCUT2D eigenvalue weighted by molar-refractivity contribution is -0.124. The summed E-state index contributed by atoms with van der Waals surface area (Å²) in [6, 6.07) is 8.41. The minimum atomic E-state index is -0.0175. The molecule has 1 fully saturated rings. The fraction of sp³-hybridized carbons (Fsp3) is 0.588. The molecule has 0 aliphatic carbocycles. The van der Waals surface area contributed by atoms with Gasteiger partial charge in [-0.1, -0.05) is 41.4 Å². The summed E-state index contributed by atoms with van der Waals surface area (Å²) in [6.07, 6.45) is 4.19. The van der Waals surface area contributed by atoms with Crippen molar-refractivity contribution in [2.75, 3.05) is 6.54 Å². The number of nitrogens with one attached hydrogen (secondary N) is 2. The van der Waals surface area contributed by atoms with E-state index in [-0.39, 0.29) is 18.0 Å². The first-order chi connectivity index (χ1) is 10.1. The van der Waals surface area contributed by atoms with E-state index in [9.17, 15) is 4.79 Å². The van der Waals surface area contributed by atoms with Gasteiger partial charge in [-0.2, -0.15) is 0 Å². The van der Waals surface area contributed by atoms with E-state index in [1.54, 1.807) is 0 Å². The van der Waals surface area contributed by atoms with E-state index in [0.29, 0.717) is 5.92 Å². The minimum absolute atomic E-state index is 0.0175. The Morgan fingerprint density at radius 2 is 2.14 bits per heavy atom. The average Bonchev–Trinajstić information content (AvgIpc) is 2.49. The van der Waals surface area contributed by atoms with Crippen LogP contribution in [0.4, 0.5) is 0 Å². The maximum atomic E-state index is 12.3. The van der Waals surface area contributed by atoms with Crippen LogP contribution in [0.15, 0.2) is 28.7 Å². The van der Waals surface area contributed by atoms with Crippen LogP contribution in [0.25, 0.3) is 0 Å². The summed E-state index contributed by atoms with van der Waals surface area (Å²) in [6.45, 7) is 5.23. The molecule has 3 nitrogen and oxygen atoms in total. The fourth-order valence-corrected chi connectivity index (χ4v) is 3.20. The van der Waals surface area contributed by atoms with E-state index in [1.807, 2.05) is 12.1 Å². The Kier molecular flexibility index (Phi) is 6.24. The number of rotatable bonds is 5. The van der Waals surface area contributed by atoms with Crippen LogP contribution in [0, 0.1) is 5.92 Å². The minimum Gasteiger partial charge on any atom is -0.352 e. The Hall–Kier alpha value is -0.870. The highest BCUT2D eigenvalue weighted by molar-refractivity contribution is 9.10. The topological polar surface area (TPSA) is 41.1 Å². The Morgan fingerprint density at radius 1 is 1.43 bits per heavy atom. The average molecular weight is 353 g/mol. The molecule has 1 aliphatic heterocycles. The number of piperidine rings is 1. The first-order valence-corrected chi connectivity index (χ1v) is 8.66. The van der Waals surface area contributed by atoms with E-state index >= 15 is 0 Å². The van der Waals surface area contributed by atoms with Crippen molar-refractivity contribution in [3.8, 4) is 0 Å². The first-order valence-electron chi connectivity index (χ1n) is 7.86. The van der Waals surface area contributed by atoms with E-state index in [4.69, 9.17) is 0 Å². The van der Waals surface area contributed by atoms with Crippen LogP contribution in [0.1, 0.15) is 38.7 Å². The SMILES string of the molecule is CCC1CCNC(C(=O)NC(C)Cc2ccc(Br)cc2)C1. The van der Waals surface area contributed by atoms with Crippen molar-refractivity contribution < 1.29 is 4.79 Å². The molecule has 1 amide bonds. The zero-order chi connectivity index (χ0) is 15.2. The zero-order valence-electron chi connectivity index (χ0n) is 12.9. The number of halogens is 1. The van der Waals surface area contributed by atoms with Gasteiger partial charge in [0.15, 0.2) is 0 Å². The molecule has 0 aromatic heterocycles. The van der Waals surface area contributed by atoms with Crippen LogP contribution in [0.5, 0.6) is 0 Å². The summed E-state index contributed by atoms with van der Waals surface area (Å²) in [5, 5.41) is 6.49. The third kappa shape index (κ3) is 5.11. The standard InChI is InChI=1S/C17H25BrN2O/c1-3-13-8-9-19-16(11-13)17(21)20-12(2)10-14-4-6-15(18)7-5-14/h4-7,12-13,16,19H,3,8-11H2,1-2H3,(H,20,21). The molecule has 4 heteroatoms. The number of carbonyl (C=O) groups excluding carboxylic acids is 1. The Labute approximate surface area is 136 Å². The monoisotopic (exact) mass is 352 g/mol. The Balaban J connectivity index is 1.82. The van der Waals surface area contributed by atoms with Crippen molar-refractivity contribution in [2.24, 2.45) is 5.92 Å². The summed E-state index contributed by atoms with van der Waals surface area (Å²) in [7, 11) is 0. The molecule has 3 atom stereocenters. The summed E-state index contributed by atoms with van der Waals surface area (Å²) in [4.78, 5) is 12.3. The predicted octanol–water partition coefficient (Wildman–Crippen LogP) is 3.27. The van der Waals surface area contributed by atoms with Crippen LogP contribution in [-0.4, -0.2) is 24.5 Å². The normalized spacial score (nSPS) is 23.6. The predicted molar refractivity (Wildman–Crippen MR) is 90.3 cm³/mol. The summed E-state index contributed by atoms with van der Waals surface area (Å²) >= 11 is 3.44. The number of carbonyl (C=O) groups is 1.